The fraction of sp³-hybridized carbons (Fsp3) is 0.318. The molecule has 1 amide bonds. The van der Waals surface area contributed by atoms with Crippen LogP contribution >= 0.6 is 11.3 Å². The molecule has 29 heavy (non-hydrogen) atoms. The Labute approximate surface area is 172 Å². The van der Waals surface area contributed by atoms with E-state index in [-0.39, 0.29) is 23.8 Å². The number of hydrogen-bond donors (Lipinski definition) is 0. The van der Waals surface area contributed by atoms with Crippen LogP contribution < -0.4 is 0 Å². The lowest BCUT2D eigenvalue weighted by molar-refractivity contribution is 0.0603. The SMILES string of the molecule is O=C(c1cc2cc(F)ccc2s1)N1[C@H]2CC[C@H]1CC(S(=O)(=O)c1ccccc1)C2. The molecule has 4 nitrogen and oxygen atoms in total. The van der Waals surface area contributed by atoms with Gasteiger partial charge >= 0.3 is 0 Å². The van der Waals surface area contributed by atoms with Gasteiger partial charge in [0, 0.05) is 16.8 Å². The highest BCUT2D eigenvalue weighted by molar-refractivity contribution is 7.92. The average Bonchev–Trinajstić information content (AvgIpc) is 3.25. The Hall–Kier alpha value is -2.25. The molecule has 0 radical (unpaired) electrons. The van der Waals surface area contributed by atoms with Crippen LogP contribution in [0.25, 0.3) is 10.1 Å². The third kappa shape index (κ3) is 3.16. The molecular weight excluding hydrogens is 409 g/mol. The maximum Gasteiger partial charge on any atom is 0.264 e. The van der Waals surface area contributed by atoms with E-state index in [0.717, 1.165) is 22.9 Å². The van der Waals surface area contributed by atoms with Crippen LogP contribution in [-0.4, -0.2) is 36.6 Å². The summed E-state index contributed by atoms with van der Waals surface area (Å²) >= 11 is 1.37. The summed E-state index contributed by atoms with van der Waals surface area (Å²) in [5.41, 5.74) is 0. The van der Waals surface area contributed by atoms with Gasteiger partial charge in [0.05, 0.1) is 15.0 Å². The van der Waals surface area contributed by atoms with Crippen molar-refractivity contribution in [1.29, 1.82) is 0 Å². The van der Waals surface area contributed by atoms with Crippen molar-refractivity contribution in [2.45, 2.75) is 47.9 Å². The maximum atomic E-state index is 13.5. The van der Waals surface area contributed by atoms with E-state index in [1.165, 1.54) is 23.5 Å². The predicted octanol–water partition coefficient (Wildman–Crippen LogP) is 4.65. The Balaban J connectivity index is 1.41. The van der Waals surface area contributed by atoms with E-state index in [4.69, 9.17) is 0 Å². The average molecular weight is 430 g/mol. The van der Waals surface area contributed by atoms with Crippen LogP contribution in [0, 0.1) is 5.82 Å². The highest BCUT2D eigenvalue weighted by Gasteiger charge is 2.47. The van der Waals surface area contributed by atoms with Crippen LogP contribution in [0.2, 0.25) is 0 Å². The Morgan fingerprint density at radius 3 is 2.38 bits per heavy atom. The monoisotopic (exact) mass is 429 g/mol. The number of hydrogen-bond acceptors (Lipinski definition) is 4. The second kappa shape index (κ2) is 6.92. The summed E-state index contributed by atoms with van der Waals surface area (Å²) in [6.07, 6.45) is 2.60. The second-order valence-corrected chi connectivity index (χ2v) is 11.2. The number of nitrogens with zero attached hydrogens (tertiary/aromatic N) is 1. The number of fused-ring (bicyclic) bond motifs is 3. The number of carbonyl (C=O) groups is 1. The van der Waals surface area contributed by atoms with Gasteiger partial charge in [-0.15, -0.1) is 11.3 Å². The van der Waals surface area contributed by atoms with E-state index in [2.05, 4.69) is 0 Å². The van der Waals surface area contributed by atoms with E-state index in [1.54, 1.807) is 42.5 Å². The zero-order chi connectivity index (χ0) is 20.2. The Morgan fingerprint density at radius 1 is 1.00 bits per heavy atom. The summed E-state index contributed by atoms with van der Waals surface area (Å²) in [6, 6.07) is 14.7. The molecule has 150 valence electrons. The van der Waals surface area contributed by atoms with E-state index in [0.29, 0.717) is 22.6 Å². The van der Waals surface area contributed by atoms with E-state index < -0.39 is 15.1 Å². The first kappa shape index (κ1) is 18.8. The number of piperidine rings is 1. The molecule has 2 aromatic carbocycles. The van der Waals surface area contributed by atoms with Crippen LogP contribution in [0.1, 0.15) is 35.4 Å². The van der Waals surface area contributed by atoms with Gasteiger partial charge in [-0.3, -0.25) is 4.79 Å². The van der Waals surface area contributed by atoms with Crippen LogP contribution in [0.4, 0.5) is 4.39 Å². The third-order valence-electron chi connectivity index (χ3n) is 6.12. The third-order valence-corrected chi connectivity index (χ3v) is 9.42. The second-order valence-electron chi connectivity index (χ2n) is 7.84. The minimum absolute atomic E-state index is 0.0605. The Morgan fingerprint density at radius 2 is 1.69 bits per heavy atom. The molecule has 2 fully saturated rings. The molecular formula is C22H20FNO3S2. The van der Waals surface area contributed by atoms with Crippen molar-refractivity contribution in [2.75, 3.05) is 0 Å². The van der Waals surface area contributed by atoms with Crippen molar-refractivity contribution < 1.29 is 17.6 Å². The number of amides is 1. The van der Waals surface area contributed by atoms with Crippen molar-refractivity contribution in [1.82, 2.24) is 4.90 Å². The summed E-state index contributed by atoms with van der Waals surface area (Å²) in [5, 5.41) is 0.273. The molecule has 5 rings (SSSR count). The summed E-state index contributed by atoms with van der Waals surface area (Å²) in [4.78, 5) is 16.1. The lowest BCUT2D eigenvalue weighted by Gasteiger charge is -2.38. The van der Waals surface area contributed by atoms with Crippen molar-refractivity contribution >= 4 is 37.2 Å². The molecule has 0 aliphatic carbocycles. The van der Waals surface area contributed by atoms with Gasteiger partial charge in [-0.2, -0.15) is 0 Å². The molecule has 0 spiro atoms. The molecule has 2 saturated heterocycles. The van der Waals surface area contributed by atoms with Crippen LogP contribution in [0.15, 0.2) is 59.5 Å². The van der Waals surface area contributed by atoms with Crippen molar-refractivity contribution in [3.8, 4) is 0 Å². The normalized spacial score (nSPS) is 24.2. The molecule has 3 aromatic rings. The van der Waals surface area contributed by atoms with Crippen LogP contribution in [0.3, 0.4) is 0 Å². The van der Waals surface area contributed by atoms with Gasteiger partial charge in [-0.05, 0) is 67.5 Å². The fourth-order valence-corrected chi connectivity index (χ4v) is 7.62. The van der Waals surface area contributed by atoms with Gasteiger partial charge in [0.1, 0.15) is 5.82 Å². The number of carbonyl (C=O) groups excluding carboxylic acids is 1. The maximum absolute atomic E-state index is 13.5. The first-order valence-corrected chi connectivity index (χ1v) is 12.1. The number of rotatable bonds is 3. The van der Waals surface area contributed by atoms with Gasteiger partial charge in [-0.1, -0.05) is 18.2 Å². The van der Waals surface area contributed by atoms with E-state index in [9.17, 15) is 17.6 Å². The molecule has 2 aliphatic heterocycles. The lowest BCUT2D eigenvalue weighted by Crippen LogP contribution is -2.49. The minimum atomic E-state index is -3.40. The summed E-state index contributed by atoms with van der Waals surface area (Å²) in [6.45, 7) is 0. The van der Waals surface area contributed by atoms with E-state index >= 15 is 0 Å². The van der Waals surface area contributed by atoms with Gasteiger partial charge in [-0.25, -0.2) is 12.8 Å². The van der Waals surface area contributed by atoms with Crippen LogP contribution in [-0.2, 0) is 9.84 Å². The topological polar surface area (TPSA) is 54.5 Å². The van der Waals surface area contributed by atoms with Gasteiger partial charge in [0.15, 0.2) is 9.84 Å². The van der Waals surface area contributed by atoms with Gasteiger partial charge in [0.25, 0.3) is 5.91 Å². The highest BCUT2D eigenvalue weighted by atomic mass is 32.2. The van der Waals surface area contributed by atoms with Crippen molar-refractivity contribution in [3.05, 3.63) is 65.3 Å². The smallest absolute Gasteiger partial charge is 0.264 e. The number of benzene rings is 2. The summed E-state index contributed by atoms with van der Waals surface area (Å²) in [7, 11) is -3.40. The predicted molar refractivity (Wildman–Crippen MR) is 111 cm³/mol. The quantitative estimate of drug-likeness (QED) is 0.609. The first-order valence-electron chi connectivity index (χ1n) is 9.74. The zero-order valence-corrected chi connectivity index (χ0v) is 17.3. The molecule has 7 heteroatoms. The minimum Gasteiger partial charge on any atom is -0.332 e. The number of thiophene rings is 1. The molecule has 3 heterocycles. The van der Waals surface area contributed by atoms with Crippen LogP contribution in [0.5, 0.6) is 0 Å². The summed E-state index contributed by atoms with van der Waals surface area (Å²) in [5.74, 6) is -0.379. The van der Waals surface area contributed by atoms with Gasteiger partial charge < -0.3 is 4.90 Å². The van der Waals surface area contributed by atoms with Crippen molar-refractivity contribution in [2.24, 2.45) is 0 Å². The molecule has 1 aromatic heterocycles. The molecule has 2 atom stereocenters. The first-order chi connectivity index (χ1) is 13.9. The number of sulfone groups is 1. The number of halogens is 1. The molecule has 2 aliphatic rings. The van der Waals surface area contributed by atoms with Crippen molar-refractivity contribution in [3.63, 3.8) is 0 Å². The molecule has 0 unspecified atom stereocenters. The molecule has 0 N–H and O–H groups in total. The Kier molecular flexibility index (Phi) is 4.47. The largest absolute Gasteiger partial charge is 0.332 e. The lowest BCUT2D eigenvalue weighted by atomic mass is 10.0. The highest BCUT2D eigenvalue weighted by Crippen LogP contribution is 2.41. The Bertz CT molecular complexity index is 1180. The molecule has 2 bridgehead atoms. The van der Waals surface area contributed by atoms with E-state index in [1.807, 2.05) is 4.90 Å². The fourth-order valence-electron chi connectivity index (χ4n) is 4.76. The summed E-state index contributed by atoms with van der Waals surface area (Å²) < 4.78 is 40.5. The zero-order valence-electron chi connectivity index (χ0n) is 15.6. The standard InChI is InChI=1S/C22H20FNO3S2/c23-15-6-9-20-14(10-15)11-21(28-20)22(25)24-16-7-8-17(24)13-19(12-16)29(26,27)18-4-2-1-3-5-18/h1-6,9-11,16-17,19H,7-8,12-13H2/t16-,17-/m0/s1. The molecule has 0 saturated carbocycles. The van der Waals surface area contributed by atoms with Gasteiger partial charge in [0.2, 0.25) is 0 Å².